The topological polar surface area (TPSA) is 12.0 Å². The largest absolute Gasteiger partial charge is 0.416 e. The fraction of sp³-hybridized carbons (Fsp3) is 0.500. The Hall–Kier alpha value is -1.10. The van der Waals surface area contributed by atoms with Crippen LogP contribution in [0.4, 0.5) is 17.6 Å². The van der Waals surface area contributed by atoms with E-state index in [-0.39, 0.29) is 12.0 Å². The number of nitrogens with one attached hydrogen (secondary N) is 1. The maximum absolute atomic E-state index is 13.4. The van der Waals surface area contributed by atoms with E-state index in [1.807, 2.05) is 0 Å². The number of hydrogen-bond donors (Lipinski definition) is 1. The van der Waals surface area contributed by atoms with E-state index in [1.54, 1.807) is 20.9 Å². The lowest BCUT2D eigenvalue weighted by molar-refractivity contribution is -0.137. The number of likely N-dealkylation sites (N-methyl/N-ethyl adjacent to an activating group) is 1. The molecule has 5 heteroatoms. The first-order chi connectivity index (χ1) is 7.65. The summed E-state index contributed by atoms with van der Waals surface area (Å²) < 4.78 is 50.9. The van der Waals surface area contributed by atoms with Gasteiger partial charge in [-0.25, -0.2) is 4.39 Å². The van der Waals surface area contributed by atoms with E-state index in [2.05, 4.69) is 5.32 Å². The number of hydrogen-bond acceptors (Lipinski definition) is 1. The molecule has 1 rings (SSSR count). The molecule has 0 aliphatic rings. The lowest BCUT2D eigenvalue weighted by Crippen LogP contribution is -2.38. The summed E-state index contributed by atoms with van der Waals surface area (Å²) >= 11 is 0. The van der Waals surface area contributed by atoms with Crippen molar-refractivity contribution in [3.05, 3.63) is 35.1 Å². The van der Waals surface area contributed by atoms with E-state index in [4.69, 9.17) is 0 Å². The second-order valence-electron chi connectivity index (χ2n) is 4.61. The van der Waals surface area contributed by atoms with Crippen LogP contribution in [-0.2, 0) is 12.6 Å². The van der Waals surface area contributed by atoms with Gasteiger partial charge in [-0.1, -0.05) is 0 Å². The minimum absolute atomic E-state index is 0.0687. The number of alkyl halides is 3. The van der Waals surface area contributed by atoms with Crippen molar-refractivity contribution < 1.29 is 17.6 Å². The van der Waals surface area contributed by atoms with Crippen LogP contribution in [0.25, 0.3) is 0 Å². The Labute approximate surface area is 97.8 Å². The summed E-state index contributed by atoms with van der Waals surface area (Å²) in [4.78, 5) is 0. The van der Waals surface area contributed by atoms with Crippen LogP contribution in [-0.4, -0.2) is 12.6 Å². The molecule has 0 saturated heterocycles. The smallest absolute Gasteiger partial charge is 0.314 e. The molecule has 0 radical (unpaired) electrons. The van der Waals surface area contributed by atoms with Crippen LogP contribution in [0, 0.1) is 5.82 Å². The molecule has 0 saturated carbocycles. The summed E-state index contributed by atoms with van der Waals surface area (Å²) in [5.41, 5.74) is -1.20. The van der Waals surface area contributed by atoms with Crippen LogP contribution < -0.4 is 5.32 Å². The summed E-state index contributed by atoms with van der Waals surface area (Å²) in [5.74, 6) is -0.610. The zero-order valence-electron chi connectivity index (χ0n) is 9.95. The third-order valence-electron chi connectivity index (χ3n) is 2.68. The van der Waals surface area contributed by atoms with Gasteiger partial charge >= 0.3 is 6.18 Å². The van der Waals surface area contributed by atoms with Crippen LogP contribution >= 0.6 is 0 Å². The lowest BCUT2D eigenvalue weighted by Gasteiger charge is -2.24. The van der Waals surface area contributed by atoms with Gasteiger partial charge in [0, 0.05) is 5.54 Å². The summed E-state index contributed by atoms with van der Waals surface area (Å²) in [7, 11) is 1.69. The highest BCUT2D eigenvalue weighted by Gasteiger charge is 2.31. The minimum Gasteiger partial charge on any atom is -0.314 e. The van der Waals surface area contributed by atoms with Crippen LogP contribution in [0.1, 0.15) is 25.0 Å². The van der Waals surface area contributed by atoms with Crippen molar-refractivity contribution in [1.82, 2.24) is 5.32 Å². The number of halogens is 4. The lowest BCUT2D eigenvalue weighted by atomic mass is 9.94. The average molecular weight is 249 g/mol. The van der Waals surface area contributed by atoms with Crippen molar-refractivity contribution in [2.24, 2.45) is 0 Å². The van der Waals surface area contributed by atoms with Gasteiger partial charge < -0.3 is 5.32 Å². The quantitative estimate of drug-likeness (QED) is 0.810. The standard InChI is InChI=1S/C12H15F4N/c1-11(2,17-3)7-8-6-9(12(14,15)16)4-5-10(8)13/h4-6,17H,7H2,1-3H3. The first-order valence-electron chi connectivity index (χ1n) is 5.20. The van der Waals surface area contributed by atoms with Gasteiger partial charge in [-0.15, -0.1) is 0 Å². The molecule has 0 heterocycles. The highest BCUT2D eigenvalue weighted by molar-refractivity contribution is 5.28. The average Bonchev–Trinajstić information content (AvgIpc) is 2.19. The maximum Gasteiger partial charge on any atom is 0.416 e. The number of benzene rings is 1. The van der Waals surface area contributed by atoms with Gasteiger partial charge in [0.05, 0.1) is 5.56 Å². The third kappa shape index (κ3) is 3.70. The normalized spacial score (nSPS) is 12.9. The van der Waals surface area contributed by atoms with Crippen molar-refractivity contribution in [3.63, 3.8) is 0 Å². The number of rotatable bonds is 3. The second-order valence-corrected chi connectivity index (χ2v) is 4.61. The van der Waals surface area contributed by atoms with Crippen molar-refractivity contribution in [3.8, 4) is 0 Å². The highest BCUT2D eigenvalue weighted by atomic mass is 19.4. The van der Waals surface area contributed by atoms with E-state index in [0.29, 0.717) is 0 Å². The molecule has 0 aliphatic carbocycles. The monoisotopic (exact) mass is 249 g/mol. The van der Waals surface area contributed by atoms with Crippen LogP contribution in [0.15, 0.2) is 18.2 Å². The Bertz CT molecular complexity index is 396. The van der Waals surface area contributed by atoms with Crippen molar-refractivity contribution >= 4 is 0 Å². The van der Waals surface area contributed by atoms with Crippen LogP contribution in [0.2, 0.25) is 0 Å². The maximum atomic E-state index is 13.4. The van der Waals surface area contributed by atoms with Crippen LogP contribution in [0.3, 0.4) is 0 Å². The van der Waals surface area contributed by atoms with E-state index in [1.165, 1.54) is 0 Å². The summed E-state index contributed by atoms with van der Waals surface area (Å²) in [6.07, 6.45) is -4.24. The molecule has 1 nitrogen and oxygen atoms in total. The fourth-order valence-corrected chi connectivity index (χ4v) is 1.45. The Morgan fingerprint density at radius 1 is 1.18 bits per heavy atom. The Kier molecular flexibility index (Phi) is 3.81. The molecule has 0 bridgehead atoms. The Morgan fingerprint density at radius 3 is 2.24 bits per heavy atom. The molecule has 0 unspecified atom stereocenters. The molecule has 0 amide bonds. The molecular formula is C12H15F4N. The Morgan fingerprint density at radius 2 is 1.76 bits per heavy atom. The molecule has 96 valence electrons. The highest BCUT2D eigenvalue weighted by Crippen LogP contribution is 2.31. The van der Waals surface area contributed by atoms with Gasteiger partial charge in [0.2, 0.25) is 0 Å². The van der Waals surface area contributed by atoms with Gasteiger partial charge in [-0.2, -0.15) is 13.2 Å². The molecule has 0 aliphatic heterocycles. The fourth-order valence-electron chi connectivity index (χ4n) is 1.45. The molecular weight excluding hydrogens is 234 g/mol. The van der Waals surface area contributed by atoms with E-state index in [0.717, 1.165) is 18.2 Å². The molecule has 0 fully saturated rings. The summed E-state index contributed by atoms with van der Waals surface area (Å²) in [6, 6.07) is 2.49. The van der Waals surface area contributed by atoms with E-state index >= 15 is 0 Å². The second kappa shape index (κ2) is 4.64. The molecule has 1 aromatic rings. The first-order valence-corrected chi connectivity index (χ1v) is 5.20. The van der Waals surface area contributed by atoms with Gasteiger partial charge in [0.15, 0.2) is 0 Å². The van der Waals surface area contributed by atoms with Gasteiger partial charge in [-0.05, 0) is 51.1 Å². The third-order valence-corrected chi connectivity index (χ3v) is 2.68. The Balaban J connectivity index is 3.08. The molecule has 17 heavy (non-hydrogen) atoms. The van der Waals surface area contributed by atoms with Crippen molar-refractivity contribution in [2.75, 3.05) is 7.05 Å². The first kappa shape index (κ1) is 14.0. The zero-order chi connectivity index (χ0) is 13.3. The van der Waals surface area contributed by atoms with Crippen molar-refractivity contribution in [2.45, 2.75) is 32.0 Å². The predicted molar refractivity (Wildman–Crippen MR) is 58.2 cm³/mol. The molecule has 0 atom stereocenters. The summed E-state index contributed by atoms with van der Waals surface area (Å²) in [6.45, 7) is 3.60. The molecule has 0 aromatic heterocycles. The van der Waals surface area contributed by atoms with Crippen molar-refractivity contribution in [1.29, 1.82) is 0 Å². The predicted octanol–water partition coefficient (Wildman–Crippen LogP) is 3.39. The zero-order valence-corrected chi connectivity index (χ0v) is 9.95. The molecule has 1 aromatic carbocycles. The van der Waals surface area contributed by atoms with E-state index in [9.17, 15) is 17.6 Å². The molecule has 0 spiro atoms. The minimum atomic E-state index is -4.44. The van der Waals surface area contributed by atoms with Gasteiger partial charge in [-0.3, -0.25) is 0 Å². The van der Waals surface area contributed by atoms with Gasteiger partial charge in [0.1, 0.15) is 5.82 Å². The molecule has 1 N–H and O–H groups in total. The van der Waals surface area contributed by atoms with Gasteiger partial charge in [0.25, 0.3) is 0 Å². The van der Waals surface area contributed by atoms with Crippen LogP contribution in [0.5, 0.6) is 0 Å². The summed E-state index contributed by atoms with van der Waals surface area (Å²) in [5, 5.41) is 2.93. The van der Waals surface area contributed by atoms with E-state index < -0.39 is 23.1 Å². The SMILES string of the molecule is CNC(C)(C)Cc1cc(C(F)(F)F)ccc1F.